The second-order valence-corrected chi connectivity index (χ2v) is 5.16. The molecule has 0 saturated heterocycles. The van der Waals surface area contributed by atoms with Crippen LogP contribution in [-0.2, 0) is 0 Å². The number of nitrogens with one attached hydrogen (secondary N) is 2. The number of anilines is 2. The second kappa shape index (κ2) is 5.00. The molecule has 0 unspecified atom stereocenters. The molecule has 0 aliphatic heterocycles. The van der Waals surface area contributed by atoms with Gasteiger partial charge in [-0.3, -0.25) is 5.43 Å². The van der Waals surface area contributed by atoms with Gasteiger partial charge < -0.3 is 5.32 Å². The van der Waals surface area contributed by atoms with E-state index < -0.39 is 0 Å². The van der Waals surface area contributed by atoms with Gasteiger partial charge in [0.15, 0.2) is 0 Å². The number of nitrogen functional groups attached to an aromatic ring is 1. The minimum Gasteiger partial charge on any atom is -0.349 e. The van der Waals surface area contributed by atoms with E-state index in [-0.39, 0.29) is 11.5 Å². The second-order valence-electron chi connectivity index (χ2n) is 5.16. The first-order valence-electron chi connectivity index (χ1n) is 6.54. The van der Waals surface area contributed by atoms with Gasteiger partial charge in [-0.2, -0.15) is 24.7 Å². The van der Waals surface area contributed by atoms with E-state index in [1.807, 2.05) is 0 Å². The molecule has 1 aliphatic rings. The Morgan fingerprint density at radius 2 is 1.95 bits per heavy atom. The zero-order valence-corrected chi connectivity index (χ0v) is 11.2. The zero-order valence-electron chi connectivity index (χ0n) is 11.2. The average Bonchev–Trinajstić information content (AvgIpc) is 3.09. The Morgan fingerprint density at radius 1 is 1.20 bits per heavy atom. The molecule has 2 aromatic rings. The summed E-state index contributed by atoms with van der Waals surface area (Å²) in [6.07, 6.45) is 7.58. The Kier molecular flexibility index (Phi) is 3.18. The number of rotatable bonds is 4. The van der Waals surface area contributed by atoms with Gasteiger partial charge in [-0.1, -0.05) is 12.8 Å². The summed E-state index contributed by atoms with van der Waals surface area (Å²) in [6.45, 7) is 2.18. The lowest BCUT2D eigenvalue weighted by Crippen LogP contribution is -2.32. The number of nitrogens with two attached hydrogens (primary N) is 1. The lowest BCUT2D eigenvalue weighted by Gasteiger charge is -2.25. The maximum atomic E-state index is 5.41. The van der Waals surface area contributed by atoms with Crippen LogP contribution in [-0.4, -0.2) is 35.3 Å². The third-order valence-electron chi connectivity index (χ3n) is 3.50. The van der Waals surface area contributed by atoms with Crippen LogP contribution in [0.15, 0.2) is 12.7 Å². The number of hydrogen-bond acceptors (Lipinski definition) is 8. The van der Waals surface area contributed by atoms with Gasteiger partial charge in [-0.25, -0.2) is 10.8 Å². The minimum absolute atomic E-state index is 0.0207. The van der Waals surface area contributed by atoms with Crippen molar-refractivity contribution in [2.45, 2.75) is 38.1 Å². The van der Waals surface area contributed by atoms with Crippen LogP contribution in [0.3, 0.4) is 0 Å². The quantitative estimate of drug-likeness (QED) is 0.544. The number of hydrogen-bond donors (Lipinski definition) is 3. The number of hydrazine groups is 1. The highest BCUT2D eigenvalue weighted by Crippen LogP contribution is 2.31. The van der Waals surface area contributed by atoms with Gasteiger partial charge in [-0.15, -0.1) is 0 Å². The molecule has 0 radical (unpaired) electrons. The van der Waals surface area contributed by atoms with Crippen LogP contribution in [0, 0.1) is 0 Å². The fourth-order valence-electron chi connectivity index (χ4n) is 2.45. The smallest absolute Gasteiger partial charge is 0.258 e. The van der Waals surface area contributed by atoms with Crippen molar-refractivity contribution in [3.63, 3.8) is 0 Å². The van der Waals surface area contributed by atoms with Crippen molar-refractivity contribution >= 4 is 11.9 Å². The Bertz CT molecular complexity index is 574. The summed E-state index contributed by atoms with van der Waals surface area (Å²) in [5.74, 6) is 6.55. The topological polar surface area (TPSA) is 119 Å². The molecule has 4 N–H and O–H groups in total. The van der Waals surface area contributed by atoms with E-state index in [4.69, 9.17) is 5.84 Å². The third kappa shape index (κ3) is 2.52. The molecule has 1 aliphatic carbocycles. The largest absolute Gasteiger partial charge is 0.349 e. The van der Waals surface area contributed by atoms with Crippen molar-refractivity contribution in [3.8, 4) is 5.95 Å². The van der Waals surface area contributed by atoms with E-state index in [1.54, 1.807) is 0 Å². The number of aromatic nitrogens is 6. The van der Waals surface area contributed by atoms with Crippen LogP contribution >= 0.6 is 0 Å². The Labute approximate surface area is 116 Å². The van der Waals surface area contributed by atoms with Crippen LogP contribution in [0.1, 0.15) is 32.6 Å². The molecule has 0 aromatic carbocycles. The lowest BCUT2D eigenvalue weighted by atomic mass is 10.0. The summed E-state index contributed by atoms with van der Waals surface area (Å²) < 4.78 is 1.46. The molecule has 1 fully saturated rings. The number of nitrogens with zero attached hydrogens (tertiary/aromatic N) is 6. The molecule has 0 spiro atoms. The molecular formula is C11H17N9. The lowest BCUT2D eigenvalue weighted by molar-refractivity contribution is 0.527. The molecule has 3 rings (SSSR count). The van der Waals surface area contributed by atoms with Crippen molar-refractivity contribution in [1.29, 1.82) is 0 Å². The molecule has 2 aromatic heterocycles. The standard InChI is InChI=1S/C11H17N9/c1-11(4-2-3-5-11)18-8-15-9(19-12)17-10(16-8)20-7-13-6-14-20/h6-7H,2-5,12H2,1H3,(H2,15,16,17,18,19). The molecule has 0 amide bonds. The normalized spacial score (nSPS) is 17.1. The SMILES string of the molecule is CC1(Nc2nc(NN)nc(-n3cncn3)n2)CCCC1. The van der Waals surface area contributed by atoms with E-state index in [0.29, 0.717) is 11.9 Å². The first-order chi connectivity index (χ1) is 9.68. The van der Waals surface area contributed by atoms with Crippen LogP contribution in [0.25, 0.3) is 5.95 Å². The van der Waals surface area contributed by atoms with Gasteiger partial charge in [0, 0.05) is 5.54 Å². The summed E-state index contributed by atoms with van der Waals surface area (Å²) in [6, 6.07) is 0. The zero-order chi connectivity index (χ0) is 14.0. The Hall–Kier alpha value is -2.29. The Morgan fingerprint density at radius 3 is 2.60 bits per heavy atom. The highest BCUT2D eigenvalue weighted by molar-refractivity contribution is 5.39. The molecule has 0 bridgehead atoms. The maximum Gasteiger partial charge on any atom is 0.258 e. The fraction of sp³-hybridized carbons (Fsp3) is 0.545. The maximum absolute atomic E-state index is 5.41. The van der Waals surface area contributed by atoms with E-state index in [9.17, 15) is 0 Å². The first-order valence-corrected chi connectivity index (χ1v) is 6.54. The predicted octanol–water partition coefficient (Wildman–Crippen LogP) is 0.482. The fourth-order valence-corrected chi connectivity index (χ4v) is 2.45. The molecule has 2 heterocycles. The molecule has 9 nitrogen and oxygen atoms in total. The van der Waals surface area contributed by atoms with E-state index in [1.165, 1.54) is 30.2 Å². The molecule has 106 valence electrons. The van der Waals surface area contributed by atoms with Gasteiger partial charge >= 0.3 is 0 Å². The van der Waals surface area contributed by atoms with Crippen molar-refractivity contribution in [1.82, 2.24) is 29.7 Å². The monoisotopic (exact) mass is 275 g/mol. The summed E-state index contributed by atoms with van der Waals surface area (Å²) in [5.41, 5.74) is 2.46. The molecular weight excluding hydrogens is 258 g/mol. The van der Waals surface area contributed by atoms with Gasteiger partial charge in [0.05, 0.1) is 0 Å². The summed E-state index contributed by atoms with van der Waals surface area (Å²) >= 11 is 0. The van der Waals surface area contributed by atoms with E-state index in [2.05, 4.69) is 42.7 Å². The minimum atomic E-state index is 0.0207. The summed E-state index contributed by atoms with van der Waals surface area (Å²) in [4.78, 5) is 16.6. The average molecular weight is 275 g/mol. The van der Waals surface area contributed by atoms with E-state index in [0.717, 1.165) is 12.8 Å². The highest BCUT2D eigenvalue weighted by Gasteiger charge is 2.29. The van der Waals surface area contributed by atoms with Crippen molar-refractivity contribution < 1.29 is 0 Å². The summed E-state index contributed by atoms with van der Waals surface area (Å²) in [5, 5.41) is 7.38. The van der Waals surface area contributed by atoms with Gasteiger partial charge in [0.25, 0.3) is 5.95 Å². The predicted molar refractivity (Wildman–Crippen MR) is 73.0 cm³/mol. The van der Waals surface area contributed by atoms with Crippen molar-refractivity contribution in [2.75, 3.05) is 10.7 Å². The van der Waals surface area contributed by atoms with E-state index >= 15 is 0 Å². The van der Waals surface area contributed by atoms with Crippen molar-refractivity contribution in [3.05, 3.63) is 12.7 Å². The molecule has 20 heavy (non-hydrogen) atoms. The van der Waals surface area contributed by atoms with Crippen LogP contribution in [0.5, 0.6) is 0 Å². The van der Waals surface area contributed by atoms with Crippen molar-refractivity contribution in [2.24, 2.45) is 5.84 Å². The summed E-state index contributed by atoms with van der Waals surface area (Å²) in [7, 11) is 0. The van der Waals surface area contributed by atoms with Gasteiger partial charge in [0.2, 0.25) is 11.9 Å². The first kappa shape index (κ1) is 12.7. The molecule has 1 saturated carbocycles. The van der Waals surface area contributed by atoms with Gasteiger partial charge in [-0.05, 0) is 19.8 Å². The highest BCUT2D eigenvalue weighted by atomic mass is 15.4. The van der Waals surface area contributed by atoms with Crippen LogP contribution < -0.4 is 16.6 Å². The Balaban J connectivity index is 1.92. The van der Waals surface area contributed by atoms with Crippen LogP contribution in [0.4, 0.5) is 11.9 Å². The van der Waals surface area contributed by atoms with Gasteiger partial charge in [0.1, 0.15) is 12.7 Å². The molecule has 0 atom stereocenters. The molecule has 9 heteroatoms. The van der Waals surface area contributed by atoms with Crippen LogP contribution in [0.2, 0.25) is 0 Å². The third-order valence-corrected chi connectivity index (χ3v) is 3.50.